The van der Waals surface area contributed by atoms with Gasteiger partial charge >= 0.3 is 0 Å². The standard InChI is InChI=1S/C20H29N5O2/c26-19(24-7-1-2-8-24)16-11-17(13-22-12-16)20(27)25-9-4-15(5-10-25)18-3-6-21-14-23-18/h3,6,14-17,22H,1-2,4-5,7-13H2/t16-,17-/m0/s1. The Bertz CT molecular complexity index is 654. The van der Waals surface area contributed by atoms with Crippen molar-refractivity contribution in [3.8, 4) is 0 Å². The third-order valence-corrected chi connectivity index (χ3v) is 6.30. The van der Waals surface area contributed by atoms with Crippen molar-refractivity contribution in [2.45, 2.75) is 38.0 Å². The number of carbonyl (C=O) groups is 2. The second kappa shape index (κ2) is 8.33. The van der Waals surface area contributed by atoms with Gasteiger partial charge in [-0.2, -0.15) is 0 Å². The monoisotopic (exact) mass is 371 g/mol. The number of likely N-dealkylation sites (tertiary alicyclic amines) is 2. The Labute approximate surface area is 160 Å². The Kier molecular flexibility index (Phi) is 5.66. The molecule has 3 saturated heterocycles. The number of piperidine rings is 2. The molecule has 146 valence electrons. The smallest absolute Gasteiger partial charge is 0.226 e. The van der Waals surface area contributed by atoms with Gasteiger partial charge in [-0.3, -0.25) is 9.59 Å². The molecule has 3 aliphatic heterocycles. The molecule has 0 spiro atoms. The molecular weight excluding hydrogens is 342 g/mol. The van der Waals surface area contributed by atoms with Crippen molar-refractivity contribution in [1.29, 1.82) is 0 Å². The van der Waals surface area contributed by atoms with Crippen LogP contribution in [0, 0.1) is 11.8 Å². The predicted molar refractivity (Wildman–Crippen MR) is 101 cm³/mol. The molecule has 27 heavy (non-hydrogen) atoms. The van der Waals surface area contributed by atoms with E-state index < -0.39 is 0 Å². The molecule has 0 unspecified atom stereocenters. The van der Waals surface area contributed by atoms with Crippen molar-refractivity contribution < 1.29 is 9.59 Å². The van der Waals surface area contributed by atoms with Crippen LogP contribution in [-0.4, -0.2) is 70.9 Å². The van der Waals surface area contributed by atoms with Crippen molar-refractivity contribution in [2.24, 2.45) is 11.8 Å². The normalized spacial score (nSPS) is 27.0. The summed E-state index contributed by atoms with van der Waals surface area (Å²) in [4.78, 5) is 38.0. The van der Waals surface area contributed by atoms with Gasteiger partial charge in [0.15, 0.2) is 0 Å². The van der Waals surface area contributed by atoms with E-state index in [2.05, 4.69) is 15.3 Å². The molecule has 0 radical (unpaired) electrons. The van der Waals surface area contributed by atoms with Crippen LogP contribution in [0.4, 0.5) is 0 Å². The minimum atomic E-state index is -0.0779. The predicted octanol–water partition coefficient (Wildman–Crippen LogP) is 1.03. The van der Waals surface area contributed by atoms with Crippen LogP contribution in [-0.2, 0) is 9.59 Å². The van der Waals surface area contributed by atoms with Gasteiger partial charge in [0.1, 0.15) is 6.33 Å². The van der Waals surface area contributed by atoms with E-state index in [4.69, 9.17) is 0 Å². The van der Waals surface area contributed by atoms with Crippen molar-refractivity contribution in [2.75, 3.05) is 39.3 Å². The Balaban J connectivity index is 1.31. The highest BCUT2D eigenvalue weighted by Crippen LogP contribution is 2.29. The largest absolute Gasteiger partial charge is 0.342 e. The second-order valence-corrected chi connectivity index (χ2v) is 8.05. The van der Waals surface area contributed by atoms with E-state index >= 15 is 0 Å². The summed E-state index contributed by atoms with van der Waals surface area (Å²) in [6.45, 7) is 4.70. The minimum Gasteiger partial charge on any atom is -0.342 e. The molecule has 4 heterocycles. The number of amides is 2. The maximum atomic E-state index is 13.0. The van der Waals surface area contributed by atoms with E-state index in [1.165, 1.54) is 0 Å². The van der Waals surface area contributed by atoms with Crippen molar-refractivity contribution in [3.63, 3.8) is 0 Å². The summed E-state index contributed by atoms with van der Waals surface area (Å²) in [5, 5.41) is 3.33. The van der Waals surface area contributed by atoms with Crippen LogP contribution in [0.3, 0.4) is 0 Å². The molecule has 3 fully saturated rings. The number of rotatable bonds is 3. The molecule has 0 bridgehead atoms. The quantitative estimate of drug-likeness (QED) is 0.859. The lowest BCUT2D eigenvalue weighted by Crippen LogP contribution is -2.50. The van der Waals surface area contributed by atoms with Crippen molar-refractivity contribution in [3.05, 3.63) is 24.3 Å². The summed E-state index contributed by atoms with van der Waals surface area (Å²) in [6, 6.07) is 1.97. The van der Waals surface area contributed by atoms with Crippen LogP contribution in [0.2, 0.25) is 0 Å². The number of carbonyl (C=O) groups excluding carboxylic acids is 2. The van der Waals surface area contributed by atoms with E-state index in [9.17, 15) is 9.59 Å². The van der Waals surface area contributed by atoms with Crippen LogP contribution in [0.1, 0.15) is 43.7 Å². The molecule has 7 nitrogen and oxygen atoms in total. The fourth-order valence-corrected chi connectivity index (χ4v) is 4.71. The van der Waals surface area contributed by atoms with Gasteiger partial charge in [-0.05, 0) is 38.2 Å². The molecule has 4 rings (SSSR count). The van der Waals surface area contributed by atoms with Gasteiger partial charge in [-0.25, -0.2) is 9.97 Å². The molecule has 0 aliphatic carbocycles. The minimum absolute atomic E-state index is 0.0515. The summed E-state index contributed by atoms with van der Waals surface area (Å²) in [6.07, 6.45) is 8.17. The number of nitrogens with one attached hydrogen (secondary N) is 1. The summed E-state index contributed by atoms with van der Waals surface area (Å²) in [5.41, 5.74) is 1.08. The SMILES string of the molecule is O=C([C@@H]1CNC[C@@H](C(=O)N2CCC(c3ccncn3)CC2)C1)N1CCCC1. The molecule has 2 atom stereocenters. The molecular formula is C20H29N5O2. The lowest BCUT2D eigenvalue weighted by atomic mass is 9.87. The lowest BCUT2D eigenvalue weighted by Gasteiger charge is -2.37. The lowest BCUT2D eigenvalue weighted by molar-refractivity contribution is -0.140. The summed E-state index contributed by atoms with van der Waals surface area (Å²) < 4.78 is 0. The van der Waals surface area contributed by atoms with Gasteiger partial charge in [0.2, 0.25) is 11.8 Å². The molecule has 3 aliphatic rings. The molecule has 1 aromatic heterocycles. The fourth-order valence-electron chi connectivity index (χ4n) is 4.71. The maximum absolute atomic E-state index is 13.0. The number of hydrogen-bond donors (Lipinski definition) is 1. The van der Waals surface area contributed by atoms with E-state index in [0.29, 0.717) is 25.4 Å². The summed E-state index contributed by atoms with van der Waals surface area (Å²) in [5.74, 6) is 0.726. The Morgan fingerprint density at radius 3 is 2.19 bits per heavy atom. The third-order valence-electron chi connectivity index (χ3n) is 6.30. The number of aromatic nitrogens is 2. The van der Waals surface area contributed by atoms with Gasteiger partial charge in [0.05, 0.1) is 11.8 Å². The van der Waals surface area contributed by atoms with E-state index in [-0.39, 0.29) is 23.7 Å². The fraction of sp³-hybridized carbons (Fsp3) is 0.700. The Morgan fingerprint density at radius 1 is 0.963 bits per heavy atom. The number of hydrogen-bond acceptors (Lipinski definition) is 5. The van der Waals surface area contributed by atoms with Crippen LogP contribution in [0.5, 0.6) is 0 Å². The van der Waals surface area contributed by atoms with Crippen molar-refractivity contribution in [1.82, 2.24) is 25.1 Å². The maximum Gasteiger partial charge on any atom is 0.226 e. The average Bonchev–Trinajstić information content (AvgIpc) is 3.28. The zero-order valence-corrected chi connectivity index (χ0v) is 15.8. The molecule has 0 aromatic carbocycles. The first-order chi connectivity index (χ1) is 13.2. The highest BCUT2D eigenvalue weighted by Gasteiger charge is 2.36. The molecule has 1 N–H and O–H groups in total. The number of nitrogens with zero attached hydrogens (tertiary/aromatic N) is 4. The molecule has 7 heteroatoms. The van der Waals surface area contributed by atoms with E-state index in [1.807, 2.05) is 15.9 Å². The van der Waals surface area contributed by atoms with Gasteiger partial charge in [-0.15, -0.1) is 0 Å². The molecule has 2 amide bonds. The van der Waals surface area contributed by atoms with Gasteiger partial charge < -0.3 is 15.1 Å². The zero-order valence-electron chi connectivity index (χ0n) is 15.8. The van der Waals surface area contributed by atoms with Crippen LogP contribution < -0.4 is 5.32 Å². The Hall–Kier alpha value is -2.02. The molecule has 0 saturated carbocycles. The third kappa shape index (κ3) is 4.13. The van der Waals surface area contributed by atoms with Crippen molar-refractivity contribution >= 4 is 11.8 Å². The van der Waals surface area contributed by atoms with Crippen LogP contribution in [0.15, 0.2) is 18.6 Å². The summed E-state index contributed by atoms with van der Waals surface area (Å²) >= 11 is 0. The van der Waals surface area contributed by atoms with Crippen LogP contribution in [0.25, 0.3) is 0 Å². The zero-order chi connectivity index (χ0) is 18.6. The first-order valence-electron chi connectivity index (χ1n) is 10.3. The van der Waals surface area contributed by atoms with Gasteiger partial charge in [0, 0.05) is 57.1 Å². The van der Waals surface area contributed by atoms with Gasteiger partial charge in [0.25, 0.3) is 0 Å². The second-order valence-electron chi connectivity index (χ2n) is 8.05. The highest BCUT2D eigenvalue weighted by molar-refractivity contribution is 5.83. The average molecular weight is 371 g/mol. The van der Waals surface area contributed by atoms with Gasteiger partial charge in [-0.1, -0.05) is 0 Å². The molecule has 1 aromatic rings. The van der Waals surface area contributed by atoms with E-state index in [0.717, 1.165) is 57.6 Å². The summed E-state index contributed by atoms with van der Waals surface area (Å²) in [7, 11) is 0. The van der Waals surface area contributed by atoms with Crippen LogP contribution >= 0.6 is 0 Å². The first-order valence-corrected chi connectivity index (χ1v) is 10.3. The highest BCUT2D eigenvalue weighted by atomic mass is 16.2. The first kappa shape index (κ1) is 18.3. The Morgan fingerprint density at radius 2 is 1.59 bits per heavy atom. The topological polar surface area (TPSA) is 78.4 Å². The van der Waals surface area contributed by atoms with E-state index in [1.54, 1.807) is 12.5 Å².